The summed E-state index contributed by atoms with van der Waals surface area (Å²) in [6.45, 7) is 0.187. The first kappa shape index (κ1) is 16.8. The number of urea groups is 1. The summed E-state index contributed by atoms with van der Waals surface area (Å²) < 4.78 is 0. The molecule has 1 aromatic heterocycles. The Morgan fingerprint density at radius 1 is 1.04 bits per heavy atom. The Labute approximate surface area is 155 Å². The molecular weight excluding hydrogens is 344 g/mol. The van der Waals surface area contributed by atoms with Crippen LogP contribution in [0.5, 0.6) is 0 Å². The number of rotatable bonds is 5. The summed E-state index contributed by atoms with van der Waals surface area (Å²) in [7, 11) is 0. The number of anilines is 1. The normalized spacial score (nSPS) is 16.6. The Morgan fingerprint density at radius 2 is 1.85 bits per heavy atom. The van der Waals surface area contributed by atoms with E-state index in [0.29, 0.717) is 5.69 Å². The molecule has 0 spiro atoms. The van der Waals surface area contributed by atoms with Gasteiger partial charge >= 0.3 is 6.03 Å². The number of nitrogens with one attached hydrogen (secondary N) is 3. The van der Waals surface area contributed by atoms with Crippen LogP contribution in [-0.2, 0) is 16.1 Å². The number of hydrogen-bond donors (Lipinski definition) is 3. The molecule has 2 aromatic carbocycles. The van der Waals surface area contributed by atoms with Gasteiger partial charge in [0, 0.05) is 17.1 Å². The van der Waals surface area contributed by atoms with Gasteiger partial charge in [0.2, 0.25) is 5.91 Å². The minimum atomic E-state index is -0.855. The second-order valence-electron chi connectivity index (χ2n) is 6.41. The van der Waals surface area contributed by atoms with Crippen molar-refractivity contribution in [3.05, 3.63) is 66.4 Å². The molecule has 0 radical (unpaired) electrons. The van der Waals surface area contributed by atoms with Crippen LogP contribution in [0.15, 0.2) is 60.8 Å². The van der Waals surface area contributed by atoms with E-state index in [4.69, 9.17) is 0 Å². The maximum Gasteiger partial charge on any atom is 0.325 e. The smallest absolute Gasteiger partial charge is 0.325 e. The SMILES string of the molecule is O=C(C[C@@H]1NC(=O)N(Cc2ccccc2)C1=O)Nc1cccc2[nH]ccc12. The summed E-state index contributed by atoms with van der Waals surface area (Å²) in [5.74, 6) is -0.720. The molecule has 2 heterocycles. The van der Waals surface area contributed by atoms with Crippen molar-refractivity contribution in [2.75, 3.05) is 5.32 Å². The Kier molecular flexibility index (Phi) is 4.33. The molecule has 4 amide bonds. The van der Waals surface area contributed by atoms with Crippen LogP contribution in [0.2, 0.25) is 0 Å². The summed E-state index contributed by atoms with van der Waals surface area (Å²) in [4.78, 5) is 41.3. The number of carbonyl (C=O) groups excluding carboxylic acids is 3. The van der Waals surface area contributed by atoms with Gasteiger partial charge in [0.25, 0.3) is 5.91 Å². The quantitative estimate of drug-likeness (QED) is 0.609. The highest BCUT2D eigenvalue weighted by Gasteiger charge is 2.38. The molecule has 0 saturated carbocycles. The molecule has 1 saturated heterocycles. The molecule has 3 N–H and O–H groups in total. The van der Waals surface area contributed by atoms with Gasteiger partial charge in [-0.15, -0.1) is 0 Å². The number of H-pyrrole nitrogens is 1. The van der Waals surface area contributed by atoms with Crippen molar-refractivity contribution in [3.63, 3.8) is 0 Å². The van der Waals surface area contributed by atoms with Crippen LogP contribution >= 0.6 is 0 Å². The van der Waals surface area contributed by atoms with Gasteiger partial charge in [0.15, 0.2) is 0 Å². The van der Waals surface area contributed by atoms with Crippen molar-refractivity contribution in [2.45, 2.75) is 19.0 Å². The lowest BCUT2D eigenvalue weighted by atomic mass is 10.1. The lowest BCUT2D eigenvalue weighted by Crippen LogP contribution is -2.34. The molecule has 4 rings (SSSR count). The Bertz CT molecular complexity index is 1010. The zero-order valence-electron chi connectivity index (χ0n) is 14.4. The molecule has 1 atom stereocenters. The van der Waals surface area contributed by atoms with Gasteiger partial charge in [0.05, 0.1) is 18.7 Å². The maximum atomic E-state index is 12.5. The highest BCUT2D eigenvalue weighted by molar-refractivity contribution is 6.08. The predicted octanol–water partition coefficient (Wildman–Crippen LogP) is 2.62. The number of nitrogens with zero attached hydrogens (tertiary/aromatic N) is 1. The fourth-order valence-corrected chi connectivity index (χ4v) is 3.21. The minimum Gasteiger partial charge on any atom is -0.361 e. The monoisotopic (exact) mass is 362 g/mol. The van der Waals surface area contributed by atoms with Crippen LogP contribution in [0.4, 0.5) is 10.5 Å². The summed E-state index contributed by atoms with van der Waals surface area (Å²) >= 11 is 0. The van der Waals surface area contributed by atoms with E-state index in [9.17, 15) is 14.4 Å². The zero-order valence-corrected chi connectivity index (χ0v) is 14.4. The third kappa shape index (κ3) is 3.39. The van der Waals surface area contributed by atoms with Crippen molar-refractivity contribution >= 4 is 34.4 Å². The second-order valence-corrected chi connectivity index (χ2v) is 6.41. The number of aromatic nitrogens is 1. The number of benzene rings is 2. The van der Waals surface area contributed by atoms with Crippen LogP contribution in [0.1, 0.15) is 12.0 Å². The molecule has 136 valence electrons. The lowest BCUT2D eigenvalue weighted by molar-refractivity contribution is -0.130. The number of amides is 4. The van der Waals surface area contributed by atoms with E-state index in [1.807, 2.05) is 48.5 Å². The second kappa shape index (κ2) is 6.95. The third-order valence-electron chi connectivity index (χ3n) is 4.55. The molecule has 27 heavy (non-hydrogen) atoms. The maximum absolute atomic E-state index is 12.5. The van der Waals surface area contributed by atoms with Crippen LogP contribution in [0.3, 0.4) is 0 Å². The van der Waals surface area contributed by atoms with E-state index in [2.05, 4.69) is 15.6 Å². The van der Waals surface area contributed by atoms with E-state index >= 15 is 0 Å². The third-order valence-corrected chi connectivity index (χ3v) is 4.55. The van der Waals surface area contributed by atoms with Crippen molar-refractivity contribution < 1.29 is 14.4 Å². The van der Waals surface area contributed by atoms with Gasteiger partial charge in [0.1, 0.15) is 6.04 Å². The number of imide groups is 1. The fraction of sp³-hybridized carbons (Fsp3) is 0.150. The molecule has 1 aliphatic heterocycles. The van der Waals surface area contributed by atoms with Gasteiger partial charge in [-0.25, -0.2) is 4.79 Å². The van der Waals surface area contributed by atoms with Crippen molar-refractivity contribution in [1.29, 1.82) is 0 Å². The minimum absolute atomic E-state index is 0.114. The largest absolute Gasteiger partial charge is 0.361 e. The van der Waals surface area contributed by atoms with E-state index in [-0.39, 0.29) is 24.8 Å². The molecular formula is C20H18N4O3. The standard InChI is InChI=1S/C20H18N4O3/c25-18(22-16-8-4-7-15-14(16)9-10-21-15)11-17-19(26)24(20(27)23-17)12-13-5-2-1-3-6-13/h1-10,17,21H,11-12H2,(H,22,25)(H,23,27)/t17-/m0/s1. The number of hydrogen-bond acceptors (Lipinski definition) is 3. The van der Waals surface area contributed by atoms with Gasteiger partial charge < -0.3 is 15.6 Å². The Morgan fingerprint density at radius 3 is 2.67 bits per heavy atom. The van der Waals surface area contributed by atoms with Crippen molar-refractivity contribution in [1.82, 2.24) is 15.2 Å². The summed E-state index contributed by atoms with van der Waals surface area (Å²) in [6, 6.07) is 15.3. The summed E-state index contributed by atoms with van der Waals surface area (Å²) in [5, 5.41) is 6.30. The molecule has 1 fully saturated rings. The van der Waals surface area contributed by atoms with Crippen LogP contribution in [0.25, 0.3) is 10.9 Å². The topological polar surface area (TPSA) is 94.3 Å². The van der Waals surface area contributed by atoms with E-state index < -0.39 is 12.1 Å². The molecule has 7 nitrogen and oxygen atoms in total. The average Bonchev–Trinajstić information content (AvgIpc) is 3.24. The summed E-state index contributed by atoms with van der Waals surface area (Å²) in [5.41, 5.74) is 2.42. The van der Waals surface area contributed by atoms with Crippen molar-refractivity contribution in [2.24, 2.45) is 0 Å². The highest BCUT2D eigenvalue weighted by atomic mass is 16.2. The molecule has 0 unspecified atom stereocenters. The van der Waals surface area contributed by atoms with E-state index in [1.54, 1.807) is 12.3 Å². The lowest BCUT2D eigenvalue weighted by Gasteiger charge is -2.13. The first-order valence-corrected chi connectivity index (χ1v) is 8.63. The van der Waals surface area contributed by atoms with Crippen molar-refractivity contribution in [3.8, 4) is 0 Å². The first-order valence-electron chi connectivity index (χ1n) is 8.63. The Hall–Kier alpha value is -3.61. The number of carbonyl (C=O) groups is 3. The molecule has 3 aromatic rings. The van der Waals surface area contributed by atoms with Crippen LogP contribution < -0.4 is 10.6 Å². The van der Waals surface area contributed by atoms with Crippen LogP contribution in [0, 0.1) is 0 Å². The molecule has 1 aliphatic rings. The van der Waals surface area contributed by atoms with E-state index in [0.717, 1.165) is 21.4 Å². The zero-order chi connectivity index (χ0) is 18.8. The van der Waals surface area contributed by atoms with E-state index in [1.165, 1.54) is 0 Å². The molecule has 7 heteroatoms. The van der Waals surface area contributed by atoms with Gasteiger partial charge in [-0.3, -0.25) is 14.5 Å². The number of fused-ring (bicyclic) bond motifs is 1. The highest BCUT2D eigenvalue weighted by Crippen LogP contribution is 2.23. The van der Waals surface area contributed by atoms with Gasteiger partial charge in [-0.2, -0.15) is 0 Å². The fourth-order valence-electron chi connectivity index (χ4n) is 3.21. The Balaban J connectivity index is 1.42. The van der Waals surface area contributed by atoms with Gasteiger partial charge in [-0.1, -0.05) is 36.4 Å². The predicted molar refractivity (Wildman–Crippen MR) is 101 cm³/mol. The van der Waals surface area contributed by atoms with Gasteiger partial charge in [-0.05, 0) is 23.8 Å². The first-order chi connectivity index (χ1) is 13.1. The van der Waals surface area contributed by atoms with Crippen LogP contribution in [-0.4, -0.2) is 33.8 Å². The molecule has 0 bridgehead atoms. The number of aromatic amines is 1. The average molecular weight is 362 g/mol. The summed E-state index contributed by atoms with van der Waals surface area (Å²) in [6.07, 6.45) is 1.68. The molecule has 0 aliphatic carbocycles.